The molecule has 0 spiro atoms. The summed E-state index contributed by atoms with van der Waals surface area (Å²) >= 11 is 1.44. The van der Waals surface area contributed by atoms with Crippen LogP contribution in [0.25, 0.3) is 0 Å². The van der Waals surface area contributed by atoms with Crippen molar-refractivity contribution in [2.45, 2.75) is 24.8 Å². The van der Waals surface area contributed by atoms with E-state index in [2.05, 4.69) is 58.8 Å². The summed E-state index contributed by atoms with van der Waals surface area (Å²) in [5.41, 5.74) is 11.8. The van der Waals surface area contributed by atoms with Crippen LogP contribution in [0.5, 0.6) is 0 Å². The zero-order valence-corrected chi connectivity index (χ0v) is 16.9. The highest BCUT2D eigenvalue weighted by Crippen LogP contribution is 2.55. The number of fused-ring (bicyclic) bond motifs is 1. The molecule has 0 radical (unpaired) electrons. The molecule has 0 saturated heterocycles. The van der Waals surface area contributed by atoms with Crippen LogP contribution in [0.4, 0.5) is 0 Å². The van der Waals surface area contributed by atoms with E-state index in [0.29, 0.717) is 36.5 Å². The van der Waals surface area contributed by atoms with Crippen LogP contribution in [0, 0.1) is 5.92 Å². The van der Waals surface area contributed by atoms with Crippen LogP contribution in [0.15, 0.2) is 53.9 Å². The molecule has 2 aromatic carbocycles. The van der Waals surface area contributed by atoms with Crippen LogP contribution < -0.4 is 11.1 Å². The number of amides is 1. The molecule has 6 heteroatoms. The van der Waals surface area contributed by atoms with Crippen molar-refractivity contribution in [2.75, 3.05) is 6.54 Å². The first-order valence-electron chi connectivity index (χ1n) is 9.36. The van der Waals surface area contributed by atoms with Crippen molar-refractivity contribution in [1.29, 1.82) is 0 Å². The highest BCUT2D eigenvalue weighted by molar-refractivity contribution is 7.09. The monoisotopic (exact) mass is 411 g/mol. The van der Waals surface area contributed by atoms with Gasteiger partial charge in [-0.25, -0.2) is 4.98 Å². The van der Waals surface area contributed by atoms with E-state index < -0.39 is 0 Å². The smallest absolute Gasteiger partial charge is 0.270 e. The Kier molecular flexibility index (Phi) is 5.23. The molecule has 0 aliphatic heterocycles. The number of nitrogens with zero attached hydrogens (tertiary/aromatic N) is 1. The fourth-order valence-corrected chi connectivity index (χ4v) is 5.44. The van der Waals surface area contributed by atoms with Crippen LogP contribution in [-0.4, -0.2) is 17.4 Å². The topological polar surface area (TPSA) is 68.0 Å². The average Bonchev–Trinajstić information content (AvgIpc) is 3.22. The summed E-state index contributed by atoms with van der Waals surface area (Å²) in [7, 11) is 0. The van der Waals surface area contributed by atoms with Crippen LogP contribution in [0.1, 0.15) is 56.0 Å². The zero-order chi connectivity index (χ0) is 18.4. The largest absolute Gasteiger partial charge is 0.350 e. The van der Waals surface area contributed by atoms with Gasteiger partial charge in [-0.1, -0.05) is 48.5 Å². The maximum absolute atomic E-state index is 12.5. The van der Waals surface area contributed by atoms with E-state index in [9.17, 15) is 4.79 Å². The Balaban J connectivity index is 0.00000192. The van der Waals surface area contributed by atoms with Crippen LogP contribution in [0.2, 0.25) is 0 Å². The number of rotatable bonds is 4. The van der Waals surface area contributed by atoms with Gasteiger partial charge in [0, 0.05) is 30.3 Å². The number of hydrogen-bond donors (Lipinski definition) is 2. The van der Waals surface area contributed by atoms with Gasteiger partial charge < -0.3 is 11.1 Å². The number of carbonyl (C=O) groups is 1. The number of aromatic nitrogens is 1. The molecule has 3 N–H and O–H groups in total. The molecule has 1 heterocycles. The number of carbonyl (C=O) groups excluding carboxylic acids is 1. The standard InChI is InChI=1S/C22H21N3OS.ClH/c23-10-20-25-19(12-27-20)22(26)24-11-13-9-18-14-5-1-3-7-16(14)21(13)17-8-4-2-6-15(17)18;/h1-8,12-13,18,21H,9-11,23H2,(H,24,26);1H. The molecule has 1 atom stereocenters. The maximum atomic E-state index is 12.5. The van der Waals surface area contributed by atoms with Gasteiger partial charge in [-0.3, -0.25) is 4.79 Å². The average molecular weight is 412 g/mol. The third kappa shape index (κ3) is 3.04. The molecule has 2 bridgehead atoms. The second-order valence-electron chi connectivity index (χ2n) is 7.32. The third-order valence-corrected chi connectivity index (χ3v) is 6.78. The van der Waals surface area contributed by atoms with Crippen molar-refractivity contribution in [3.05, 3.63) is 86.9 Å². The van der Waals surface area contributed by atoms with Crippen molar-refractivity contribution in [3.63, 3.8) is 0 Å². The zero-order valence-electron chi connectivity index (χ0n) is 15.3. The highest BCUT2D eigenvalue weighted by atomic mass is 35.5. The summed E-state index contributed by atoms with van der Waals surface area (Å²) in [6.07, 6.45) is 1.07. The van der Waals surface area contributed by atoms with Crippen molar-refractivity contribution in [1.82, 2.24) is 10.3 Å². The fraction of sp³-hybridized carbons (Fsp3) is 0.273. The summed E-state index contributed by atoms with van der Waals surface area (Å²) in [4.78, 5) is 16.8. The Labute approximate surface area is 174 Å². The SMILES string of the molecule is Cl.NCc1nc(C(=O)NCC2CC3c4ccccc4C2c2ccccc23)cs1. The van der Waals surface area contributed by atoms with Gasteiger partial charge in [-0.15, -0.1) is 23.7 Å². The first-order chi connectivity index (χ1) is 13.3. The molecule has 6 rings (SSSR count). The summed E-state index contributed by atoms with van der Waals surface area (Å²) in [5, 5.41) is 5.70. The van der Waals surface area contributed by atoms with E-state index in [1.54, 1.807) is 5.38 Å². The van der Waals surface area contributed by atoms with Gasteiger partial charge >= 0.3 is 0 Å². The van der Waals surface area contributed by atoms with Crippen molar-refractivity contribution < 1.29 is 4.79 Å². The lowest BCUT2D eigenvalue weighted by atomic mass is 9.59. The second kappa shape index (κ2) is 7.66. The first-order valence-corrected chi connectivity index (χ1v) is 10.2. The van der Waals surface area contributed by atoms with Gasteiger partial charge in [0.1, 0.15) is 10.7 Å². The Bertz CT molecular complexity index is 971. The highest BCUT2D eigenvalue weighted by Gasteiger charge is 2.42. The molecule has 1 amide bonds. The lowest BCUT2D eigenvalue weighted by molar-refractivity contribution is 0.0938. The lowest BCUT2D eigenvalue weighted by Gasteiger charge is -2.45. The van der Waals surface area contributed by atoms with Crippen LogP contribution in [-0.2, 0) is 6.54 Å². The van der Waals surface area contributed by atoms with Crippen molar-refractivity contribution >= 4 is 29.7 Å². The first kappa shape index (κ1) is 19.1. The number of hydrogen-bond acceptors (Lipinski definition) is 4. The van der Waals surface area contributed by atoms with E-state index in [1.807, 2.05) is 0 Å². The molecule has 1 aromatic heterocycles. The Hall–Kier alpha value is -2.21. The quantitative estimate of drug-likeness (QED) is 0.680. The Morgan fingerprint density at radius 1 is 1.07 bits per heavy atom. The van der Waals surface area contributed by atoms with Crippen LogP contribution >= 0.6 is 23.7 Å². The predicted octanol–water partition coefficient (Wildman–Crippen LogP) is 4.05. The number of nitrogens with one attached hydrogen (secondary N) is 1. The molecule has 0 saturated carbocycles. The third-order valence-electron chi connectivity index (χ3n) is 5.91. The van der Waals surface area contributed by atoms with E-state index >= 15 is 0 Å². The maximum Gasteiger partial charge on any atom is 0.270 e. The van der Waals surface area contributed by atoms with Crippen LogP contribution in [0.3, 0.4) is 0 Å². The molecule has 1 unspecified atom stereocenters. The minimum atomic E-state index is -0.103. The fourth-order valence-electron chi connectivity index (χ4n) is 4.78. The summed E-state index contributed by atoms with van der Waals surface area (Å²) < 4.78 is 0. The van der Waals surface area contributed by atoms with Gasteiger partial charge in [0.05, 0.1) is 0 Å². The van der Waals surface area contributed by atoms with Crippen molar-refractivity contribution in [3.8, 4) is 0 Å². The van der Waals surface area contributed by atoms with E-state index in [1.165, 1.54) is 33.6 Å². The minimum Gasteiger partial charge on any atom is -0.350 e. The minimum absolute atomic E-state index is 0. The number of halogens is 1. The van der Waals surface area contributed by atoms with E-state index in [0.717, 1.165) is 11.4 Å². The second-order valence-corrected chi connectivity index (χ2v) is 8.27. The molecule has 28 heavy (non-hydrogen) atoms. The molecular weight excluding hydrogens is 390 g/mol. The predicted molar refractivity (Wildman–Crippen MR) is 114 cm³/mol. The van der Waals surface area contributed by atoms with Gasteiger partial charge in [-0.2, -0.15) is 0 Å². The number of nitrogens with two attached hydrogens (primary N) is 1. The van der Waals surface area contributed by atoms with Gasteiger partial charge in [0.2, 0.25) is 0 Å². The molecule has 3 aromatic rings. The number of benzene rings is 2. The summed E-state index contributed by atoms with van der Waals surface area (Å²) in [6.45, 7) is 1.04. The summed E-state index contributed by atoms with van der Waals surface area (Å²) in [5.74, 6) is 1.07. The van der Waals surface area contributed by atoms with E-state index in [4.69, 9.17) is 5.73 Å². The van der Waals surface area contributed by atoms with Crippen molar-refractivity contribution in [2.24, 2.45) is 11.7 Å². The summed E-state index contributed by atoms with van der Waals surface area (Å²) in [6, 6.07) is 17.6. The molecule has 144 valence electrons. The molecule has 4 nitrogen and oxygen atoms in total. The lowest BCUT2D eigenvalue weighted by Crippen LogP contribution is -2.39. The molecule has 3 aliphatic carbocycles. The van der Waals surface area contributed by atoms with Gasteiger partial charge in [0.25, 0.3) is 5.91 Å². The molecule has 0 fully saturated rings. The van der Waals surface area contributed by atoms with E-state index in [-0.39, 0.29) is 18.3 Å². The van der Waals surface area contributed by atoms with Gasteiger partial charge in [0.15, 0.2) is 0 Å². The number of thiazole rings is 1. The molecule has 3 aliphatic rings. The molecular formula is C22H22ClN3OS. The Morgan fingerprint density at radius 2 is 1.68 bits per heavy atom. The Morgan fingerprint density at radius 3 is 2.25 bits per heavy atom. The van der Waals surface area contributed by atoms with Gasteiger partial charge in [-0.05, 0) is 34.6 Å². The normalized spacial score (nSPS) is 21.4.